The van der Waals surface area contributed by atoms with E-state index in [0.29, 0.717) is 33.8 Å². The molecule has 6 heteroatoms. The van der Waals surface area contributed by atoms with Gasteiger partial charge < -0.3 is 10.4 Å². The van der Waals surface area contributed by atoms with Crippen molar-refractivity contribution in [1.29, 1.82) is 0 Å². The second kappa shape index (κ2) is 8.36. The van der Waals surface area contributed by atoms with Gasteiger partial charge in [0, 0.05) is 29.0 Å². The SMILES string of the molecule is CC(C)c1ccc(-c2ncccc2C(=O)Nc2ccc3cc(C(=O)O)cnc3c2)cc1. The molecule has 154 valence electrons. The fourth-order valence-corrected chi connectivity index (χ4v) is 3.36. The van der Waals surface area contributed by atoms with Crippen molar-refractivity contribution in [2.45, 2.75) is 19.8 Å². The predicted octanol–water partition coefficient (Wildman–Crippen LogP) is 5.37. The van der Waals surface area contributed by atoms with Gasteiger partial charge in [-0.15, -0.1) is 0 Å². The third-order valence-corrected chi connectivity index (χ3v) is 5.09. The van der Waals surface area contributed by atoms with Gasteiger partial charge in [-0.25, -0.2) is 4.79 Å². The Morgan fingerprint density at radius 3 is 2.45 bits per heavy atom. The van der Waals surface area contributed by atoms with Gasteiger partial charge >= 0.3 is 5.97 Å². The van der Waals surface area contributed by atoms with Crippen molar-refractivity contribution in [2.75, 3.05) is 5.32 Å². The summed E-state index contributed by atoms with van der Waals surface area (Å²) in [6, 6.07) is 18.3. The standard InChI is InChI=1S/C25H21N3O3/c1-15(2)16-5-7-17(8-6-16)23-21(4-3-11-26-23)24(29)28-20-10-9-18-12-19(25(30)31)14-27-22(18)13-20/h3-15H,1-2H3,(H,28,29)(H,30,31). The van der Waals surface area contributed by atoms with Crippen LogP contribution in [-0.2, 0) is 0 Å². The summed E-state index contributed by atoms with van der Waals surface area (Å²) in [5, 5.41) is 12.7. The second-order valence-corrected chi connectivity index (χ2v) is 7.57. The molecule has 2 aromatic heterocycles. The summed E-state index contributed by atoms with van der Waals surface area (Å²) in [5.41, 5.74) is 4.45. The van der Waals surface area contributed by atoms with Crippen molar-refractivity contribution >= 4 is 28.5 Å². The van der Waals surface area contributed by atoms with E-state index in [9.17, 15) is 9.59 Å². The molecule has 0 fully saturated rings. The largest absolute Gasteiger partial charge is 0.478 e. The van der Waals surface area contributed by atoms with Gasteiger partial charge in [0.25, 0.3) is 5.91 Å². The molecule has 0 saturated heterocycles. The highest BCUT2D eigenvalue weighted by Gasteiger charge is 2.15. The molecule has 2 heterocycles. The molecular weight excluding hydrogens is 390 g/mol. The zero-order valence-corrected chi connectivity index (χ0v) is 17.2. The molecule has 4 rings (SSSR count). The normalized spacial score (nSPS) is 10.9. The number of carboxylic acid groups (broad SMARTS) is 1. The molecule has 0 bridgehead atoms. The van der Waals surface area contributed by atoms with Gasteiger partial charge in [-0.2, -0.15) is 0 Å². The number of aromatic nitrogens is 2. The van der Waals surface area contributed by atoms with E-state index >= 15 is 0 Å². The number of anilines is 1. The number of amides is 1. The van der Waals surface area contributed by atoms with Gasteiger partial charge in [0.1, 0.15) is 0 Å². The molecular formula is C25H21N3O3. The first kappa shape index (κ1) is 20.2. The lowest BCUT2D eigenvalue weighted by molar-refractivity contribution is 0.0696. The molecule has 0 unspecified atom stereocenters. The smallest absolute Gasteiger partial charge is 0.337 e. The van der Waals surface area contributed by atoms with Gasteiger partial charge in [0.2, 0.25) is 0 Å². The van der Waals surface area contributed by atoms with Crippen LogP contribution in [0.3, 0.4) is 0 Å². The summed E-state index contributed by atoms with van der Waals surface area (Å²) >= 11 is 0. The minimum atomic E-state index is -1.03. The average Bonchev–Trinajstić information content (AvgIpc) is 2.78. The third kappa shape index (κ3) is 4.28. The highest BCUT2D eigenvalue weighted by Crippen LogP contribution is 2.25. The van der Waals surface area contributed by atoms with E-state index in [1.54, 1.807) is 42.6 Å². The van der Waals surface area contributed by atoms with Crippen LogP contribution in [0.1, 0.15) is 46.0 Å². The Kier molecular flexibility index (Phi) is 5.45. The van der Waals surface area contributed by atoms with Crippen molar-refractivity contribution < 1.29 is 14.7 Å². The Morgan fingerprint density at radius 2 is 1.74 bits per heavy atom. The summed E-state index contributed by atoms with van der Waals surface area (Å²) in [6.45, 7) is 4.27. The lowest BCUT2D eigenvalue weighted by Crippen LogP contribution is -2.14. The fraction of sp³-hybridized carbons (Fsp3) is 0.120. The van der Waals surface area contributed by atoms with Crippen LogP contribution in [0, 0.1) is 0 Å². The van der Waals surface area contributed by atoms with E-state index in [0.717, 1.165) is 5.56 Å². The molecule has 4 aromatic rings. The molecule has 2 N–H and O–H groups in total. The van der Waals surface area contributed by atoms with Gasteiger partial charge in [0.05, 0.1) is 22.3 Å². The van der Waals surface area contributed by atoms with Crippen molar-refractivity contribution in [3.63, 3.8) is 0 Å². The molecule has 0 atom stereocenters. The summed E-state index contributed by atoms with van der Waals surface area (Å²) < 4.78 is 0. The molecule has 1 amide bonds. The number of carboxylic acids is 1. The van der Waals surface area contributed by atoms with Crippen LogP contribution in [0.2, 0.25) is 0 Å². The summed E-state index contributed by atoms with van der Waals surface area (Å²) in [4.78, 5) is 32.7. The number of hydrogen-bond acceptors (Lipinski definition) is 4. The van der Waals surface area contributed by atoms with Gasteiger partial charge in [-0.05, 0) is 41.8 Å². The maximum absolute atomic E-state index is 13.0. The summed E-state index contributed by atoms with van der Waals surface area (Å²) in [5.74, 6) is -0.886. The van der Waals surface area contributed by atoms with E-state index in [-0.39, 0.29) is 11.5 Å². The van der Waals surface area contributed by atoms with E-state index in [2.05, 4.69) is 41.3 Å². The van der Waals surface area contributed by atoms with Crippen molar-refractivity contribution in [2.24, 2.45) is 0 Å². The quantitative estimate of drug-likeness (QED) is 0.460. The molecule has 0 aliphatic heterocycles. The lowest BCUT2D eigenvalue weighted by Gasteiger charge is -2.11. The van der Waals surface area contributed by atoms with Crippen molar-refractivity contribution in [3.8, 4) is 11.3 Å². The van der Waals surface area contributed by atoms with E-state index in [1.165, 1.54) is 11.8 Å². The molecule has 0 saturated carbocycles. The number of carbonyl (C=O) groups is 2. The van der Waals surface area contributed by atoms with Crippen LogP contribution in [0.25, 0.3) is 22.2 Å². The van der Waals surface area contributed by atoms with Gasteiger partial charge in [0.15, 0.2) is 0 Å². The van der Waals surface area contributed by atoms with E-state index in [4.69, 9.17) is 5.11 Å². The van der Waals surface area contributed by atoms with Crippen LogP contribution >= 0.6 is 0 Å². The van der Waals surface area contributed by atoms with Gasteiger partial charge in [-0.1, -0.05) is 44.2 Å². The molecule has 6 nitrogen and oxygen atoms in total. The summed E-state index contributed by atoms with van der Waals surface area (Å²) in [7, 11) is 0. The zero-order valence-electron chi connectivity index (χ0n) is 17.2. The Balaban J connectivity index is 1.62. The fourth-order valence-electron chi connectivity index (χ4n) is 3.36. The number of carbonyl (C=O) groups excluding carboxylic acids is 1. The van der Waals surface area contributed by atoms with Crippen LogP contribution in [-0.4, -0.2) is 27.0 Å². The Hall–Kier alpha value is -4.06. The first-order valence-electron chi connectivity index (χ1n) is 9.92. The second-order valence-electron chi connectivity index (χ2n) is 7.57. The van der Waals surface area contributed by atoms with Crippen LogP contribution < -0.4 is 5.32 Å². The number of hydrogen-bond donors (Lipinski definition) is 2. The number of aromatic carboxylic acids is 1. The van der Waals surface area contributed by atoms with Crippen LogP contribution in [0.5, 0.6) is 0 Å². The van der Waals surface area contributed by atoms with Crippen molar-refractivity contribution in [3.05, 3.63) is 89.7 Å². The maximum atomic E-state index is 13.0. The monoisotopic (exact) mass is 411 g/mol. The Morgan fingerprint density at radius 1 is 0.968 bits per heavy atom. The lowest BCUT2D eigenvalue weighted by atomic mass is 9.99. The molecule has 31 heavy (non-hydrogen) atoms. The van der Waals surface area contributed by atoms with Crippen LogP contribution in [0.15, 0.2) is 73.1 Å². The number of pyridine rings is 2. The Labute approximate surface area is 179 Å². The minimum absolute atomic E-state index is 0.118. The third-order valence-electron chi connectivity index (χ3n) is 5.09. The first-order chi connectivity index (χ1) is 14.9. The molecule has 0 radical (unpaired) electrons. The minimum Gasteiger partial charge on any atom is -0.478 e. The van der Waals surface area contributed by atoms with E-state index < -0.39 is 5.97 Å². The zero-order chi connectivity index (χ0) is 22.0. The highest BCUT2D eigenvalue weighted by molar-refractivity contribution is 6.08. The highest BCUT2D eigenvalue weighted by atomic mass is 16.4. The Bertz CT molecular complexity index is 1280. The average molecular weight is 411 g/mol. The molecule has 0 aliphatic carbocycles. The number of benzene rings is 2. The van der Waals surface area contributed by atoms with Gasteiger partial charge in [-0.3, -0.25) is 14.8 Å². The first-order valence-corrected chi connectivity index (χ1v) is 9.92. The topological polar surface area (TPSA) is 92.2 Å². The maximum Gasteiger partial charge on any atom is 0.337 e. The molecule has 2 aromatic carbocycles. The predicted molar refractivity (Wildman–Crippen MR) is 120 cm³/mol. The number of fused-ring (bicyclic) bond motifs is 1. The number of rotatable bonds is 5. The van der Waals surface area contributed by atoms with Crippen molar-refractivity contribution in [1.82, 2.24) is 9.97 Å². The number of nitrogens with zero attached hydrogens (tertiary/aromatic N) is 2. The number of nitrogens with one attached hydrogen (secondary N) is 1. The molecule has 0 spiro atoms. The molecule has 0 aliphatic rings. The summed E-state index contributed by atoms with van der Waals surface area (Å²) in [6.07, 6.45) is 2.97. The van der Waals surface area contributed by atoms with Crippen LogP contribution in [0.4, 0.5) is 5.69 Å². The van der Waals surface area contributed by atoms with E-state index in [1.807, 2.05) is 12.1 Å².